The van der Waals surface area contributed by atoms with Crippen molar-refractivity contribution in [3.05, 3.63) is 41.4 Å². The topological polar surface area (TPSA) is 157 Å². The number of guanidine groups is 1. The van der Waals surface area contributed by atoms with Gasteiger partial charge in [0.25, 0.3) is 0 Å². The van der Waals surface area contributed by atoms with Gasteiger partial charge in [-0.3, -0.25) is 0 Å². The molecule has 28 heavy (non-hydrogen) atoms. The first-order valence-electron chi connectivity index (χ1n) is 8.48. The highest BCUT2D eigenvalue weighted by molar-refractivity contribution is 5.87. The minimum Gasteiger partial charge on any atom is -0.443 e. The summed E-state index contributed by atoms with van der Waals surface area (Å²) in [4.78, 5) is 16.4. The highest BCUT2D eigenvalue weighted by Crippen LogP contribution is 2.33. The van der Waals surface area contributed by atoms with Gasteiger partial charge in [-0.15, -0.1) is 15.2 Å². The number of hydrogen-bond acceptors (Lipinski definition) is 7. The molecule has 0 atom stereocenters. The highest BCUT2D eigenvalue weighted by Gasteiger charge is 2.28. The summed E-state index contributed by atoms with van der Waals surface area (Å²) in [5.41, 5.74) is 10.7. The lowest BCUT2D eigenvalue weighted by Crippen LogP contribution is -2.34. The molecule has 1 aromatic heterocycles. The van der Waals surface area contributed by atoms with Crippen LogP contribution < -0.4 is 16.4 Å². The lowest BCUT2D eigenvalue weighted by molar-refractivity contribution is 0.149. The zero-order valence-electron chi connectivity index (χ0n) is 14.8. The van der Waals surface area contributed by atoms with Crippen molar-refractivity contribution in [1.29, 1.82) is 5.26 Å². The molecular weight excluding hydrogens is 369 g/mol. The number of aliphatic imine (C=N–C) groups is 1. The number of aromatic nitrogens is 2. The molecule has 0 unspecified atom stereocenters. The minimum absolute atomic E-state index is 0.0936. The van der Waals surface area contributed by atoms with E-state index in [9.17, 15) is 10.1 Å². The molecule has 3 rings (SSSR count). The van der Waals surface area contributed by atoms with E-state index in [1.165, 1.54) is 18.5 Å². The first-order chi connectivity index (χ1) is 13.5. The van der Waals surface area contributed by atoms with Crippen LogP contribution >= 0.6 is 0 Å². The van der Waals surface area contributed by atoms with Crippen molar-refractivity contribution in [3.8, 4) is 6.07 Å². The van der Waals surface area contributed by atoms with Gasteiger partial charge in [-0.2, -0.15) is 5.26 Å². The number of anilines is 1. The molecule has 10 nitrogen and oxygen atoms in total. The Kier molecular flexibility index (Phi) is 5.69. The molecule has 1 amide bonds. The molecule has 4 N–H and O–H groups in total. The maximum atomic E-state index is 15.1. The van der Waals surface area contributed by atoms with Gasteiger partial charge in [0, 0.05) is 24.6 Å². The number of halogens is 1. The van der Waals surface area contributed by atoms with Crippen molar-refractivity contribution in [2.75, 3.05) is 18.0 Å². The molecule has 2 heterocycles. The fraction of sp³-hybridized carbons (Fsp3) is 0.353. The van der Waals surface area contributed by atoms with E-state index < -0.39 is 17.9 Å². The molecule has 11 heteroatoms. The van der Waals surface area contributed by atoms with Crippen molar-refractivity contribution in [3.63, 3.8) is 0 Å². The summed E-state index contributed by atoms with van der Waals surface area (Å²) in [5.74, 6) is -0.417. The summed E-state index contributed by atoms with van der Waals surface area (Å²) in [6, 6.07) is 4.89. The lowest BCUT2D eigenvalue weighted by Gasteiger charge is -2.33. The Labute approximate surface area is 159 Å². The number of amides is 1. The molecule has 2 aromatic rings. The van der Waals surface area contributed by atoms with Gasteiger partial charge < -0.3 is 25.5 Å². The largest absolute Gasteiger partial charge is 0.443 e. The summed E-state index contributed by atoms with van der Waals surface area (Å²) < 4.78 is 25.2. The van der Waals surface area contributed by atoms with Gasteiger partial charge in [0.2, 0.25) is 12.3 Å². The molecule has 0 aliphatic carbocycles. The third kappa shape index (κ3) is 4.17. The summed E-state index contributed by atoms with van der Waals surface area (Å²) in [6.45, 7) is 0.657. The molecule has 1 saturated heterocycles. The van der Waals surface area contributed by atoms with Gasteiger partial charge in [-0.1, -0.05) is 6.07 Å². The predicted octanol–water partition coefficient (Wildman–Crippen LogP) is 1.37. The fourth-order valence-corrected chi connectivity index (χ4v) is 3.10. The number of nitrogens with two attached hydrogens (primary N) is 2. The first kappa shape index (κ1) is 19.1. The Morgan fingerprint density at radius 2 is 2.18 bits per heavy atom. The second-order valence-corrected chi connectivity index (χ2v) is 6.18. The average molecular weight is 387 g/mol. The smallest absolute Gasteiger partial charge is 0.437 e. The van der Waals surface area contributed by atoms with E-state index in [1.807, 2.05) is 6.07 Å². The molecule has 146 valence electrons. The highest BCUT2D eigenvalue weighted by atomic mass is 19.1. The average Bonchev–Trinajstić information content (AvgIpc) is 3.21. The number of nitriles is 1. The van der Waals surface area contributed by atoms with Crippen molar-refractivity contribution in [1.82, 2.24) is 10.2 Å². The van der Waals surface area contributed by atoms with Crippen LogP contribution in [-0.4, -0.2) is 35.3 Å². The van der Waals surface area contributed by atoms with Crippen molar-refractivity contribution in [2.45, 2.75) is 25.4 Å². The molecule has 1 aliphatic rings. The summed E-state index contributed by atoms with van der Waals surface area (Å²) >= 11 is 0. The van der Waals surface area contributed by atoms with Gasteiger partial charge in [0.1, 0.15) is 12.7 Å². The van der Waals surface area contributed by atoms with E-state index in [0.29, 0.717) is 31.8 Å². The molecule has 0 saturated carbocycles. The van der Waals surface area contributed by atoms with Crippen molar-refractivity contribution < 1.29 is 18.3 Å². The second-order valence-electron chi connectivity index (χ2n) is 6.18. The molecule has 1 fully saturated rings. The van der Waals surface area contributed by atoms with Crippen LogP contribution in [0.1, 0.15) is 35.8 Å². The monoisotopic (exact) mass is 387 g/mol. The van der Waals surface area contributed by atoms with Gasteiger partial charge in [-0.25, -0.2) is 9.18 Å². The lowest BCUT2D eigenvalue weighted by atomic mass is 9.95. The van der Waals surface area contributed by atoms with Gasteiger partial charge >= 0.3 is 6.09 Å². The Morgan fingerprint density at radius 1 is 1.43 bits per heavy atom. The van der Waals surface area contributed by atoms with Gasteiger partial charge in [0.15, 0.2) is 11.8 Å². The Bertz CT molecular complexity index is 912. The second kappa shape index (κ2) is 8.34. The van der Waals surface area contributed by atoms with Crippen LogP contribution in [0.15, 0.2) is 27.9 Å². The zero-order valence-corrected chi connectivity index (χ0v) is 14.8. The van der Waals surface area contributed by atoms with Crippen molar-refractivity contribution in [2.24, 2.45) is 16.5 Å². The van der Waals surface area contributed by atoms with Crippen LogP contribution in [0.3, 0.4) is 0 Å². The van der Waals surface area contributed by atoms with E-state index in [0.717, 1.165) is 0 Å². The number of ether oxygens (including phenoxy) is 1. The van der Waals surface area contributed by atoms with E-state index in [4.69, 9.17) is 20.6 Å². The molecule has 0 spiro atoms. The Morgan fingerprint density at radius 3 is 2.79 bits per heavy atom. The quantitative estimate of drug-likeness (QED) is 0.584. The number of nitrogens with zero attached hydrogens (tertiary/aromatic N) is 5. The summed E-state index contributed by atoms with van der Waals surface area (Å²) in [6.07, 6.45) is 1.61. The maximum Gasteiger partial charge on any atom is 0.437 e. The van der Waals surface area contributed by atoms with Crippen molar-refractivity contribution >= 4 is 17.7 Å². The first-order valence-corrected chi connectivity index (χ1v) is 8.48. The predicted molar refractivity (Wildman–Crippen MR) is 95.6 cm³/mol. The SMILES string of the molecule is N#Cc1ccc(COC(=O)N=C(N)N)c(F)c1N1CCC(c2nnco2)CC1. The number of carbonyl (C=O) groups is 1. The summed E-state index contributed by atoms with van der Waals surface area (Å²) in [5, 5.41) is 17.0. The number of hydrogen-bond donors (Lipinski definition) is 2. The fourth-order valence-electron chi connectivity index (χ4n) is 3.10. The van der Waals surface area contributed by atoms with Crippen LogP contribution in [0.5, 0.6) is 0 Å². The van der Waals surface area contributed by atoms with E-state index in [2.05, 4.69) is 15.2 Å². The normalized spacial score (nSPS) is 14.4. The number of piperidine rings is 1. The third-order valence-electron chi connectivity index (χ3n) is 4.43. The number of benzene rings is 1. The number of carbonyl (C=O) groups excluding carboxylic acids is 1. The van der Waals surface area contributed by atoms with Crippen LogP contribution in [0, 0.1) is 17.1 Å². The molecule has 1 aromatic carbocycles. The van der Waals surface area contributed by atoms with E-state index in [-0.39, 0.29) is 29.3 Å². The van der Waals surface area contributed by atoms with E-state index in [1.54, 1.807) is 4.90 Å². The van der Waals surface area contributed by atoms with Crippen LogP contribution in [0.2, 0.25) is 0 Å². The molecule has 0 radical (unpaired) electrons. The minimum atomic E-state index is -1.02. The standard InChI is InChI=1S/C17H18FN7O3/c18-13-12(8-27-17(26)23-16(20)21)2-1-11(7-19)14(13)25-5-3-10(4-6-25)15-24-22-9-28-15/h1-2,9-10H,3-6,8H2,(H4,20,21,23,26). The van der Waals surface area contributed by atoms with Gasteiger partial charge in [0.05, 0.1) is 11.3 Å². The Balaban J connectivity index is 1.76. The van der Waals surface area contributed by atoms with Crippen LogP contribution in [0.25, 0.3) is 0 Å². The molecular formula is C17H18FN7O3. The molecule has 1 aliphatic heterocycles. The maximum absolute atomic E-state index is 15.1. The molecule has 0 bridgehead atoms. The number of rotatable bonds is 4. The Hall–Kier alpha value is -3.68. The third-order valence-corrected chi connectivity index (χ3v) is 4.43. The van der Waals surface area contributed by atoms with Crippen LogP contribution in [0.4, 0.5) is 14.9 Å². The van der Waals surface area contributed by atoms with E-state index >= 15 is 4.39 Å². The zero-order chi connectivity index (χ0) is 20.1. The van der Waals surface area contributed by atoms with Crippen LogP contribution in [-0.2, 0) is 11.3 Å². The summed E-state index contributed by atoms with van der Waals surface area (Å²) in [7, 11) is 0. The van der Waals surface area contributed by atoms with Gasteiger partial charge in [-0.05, 0) is 18.9 Å².